The molecular formula is C18H19F2N5O2. The van der Waals surface area contributed by atoms with E-state index in [1.54, 1.807) is 19.2 Å². The maximum Gasteiger partial charge on any atom is 0.358 e. The second-order valence-electron chi connectivity index (χ2n) is 6.35. The maximum absolute atomic E-state index is 13.3. The Morgan fingerprint density at radius 3 is 2.85 bits per heavy atom. The minimum atomic E-state index is -2.61. The largest absolute Gasteiger partial charge is 0.461 e. The van der Waals surface area contributed by atoms with E-state index in [4.69, 9.17) is 4.74 Å². The third-order valence-electron chi connectivity index (χ3n) is 4.32. The summed E-state index contributed by atoms with van der Waals surface area (Å²) in [7, 11) is 0. The fraction of sp³-hybridized carbons (Fsp3) is 0.444. The number of aromatic nitrogens is 3. The Morgan fingerprint density at radius 1 is 1.44 bits per heavy atom. The van der Waals surface area contributed by atoms with Gasteiger partial charge in [-0.2, -0.15) is 10.4 Å². The molecule has 0 aliphatic heterocycles. The molecule has 0 amide bonds. The normalized spacial score (nSPS) is 16.5. The predicted molar refractivity (Wildman–Crippen MR) is 92.9 cm³/mol. The Morgan fingerprint density at radius 2 is 2.19 bits per heavy atom. The summed E-state index contributed by atoms with van der Waals surface area (Å²) in [6.45, 7) is 1.94. The lowest BCUT2D eigenvalue weighted by atomic mass is 9.92. The molecule has 7 nitrogen and oxygen atoms in total. The van der Waals surface area contributed by atoms with Crippen LogP contribution in [0.4, 0.5) is 14.6 Å². The fourth-order valence-electron chi connectivity index (χ4n) is 2.93. The average molecular weight is 375 g/mol. The van der Waals surface area contributed by atoms with Crippen molar-refractivity contribution in [2.45, 2.75) is 44.6 Å². The zero-order valence-corrected chi connectivity index (χ0v) is 14.8. The first-order valence-electron chi connectivity index (χ1n) is 8.70. The van der Waals surface area contributed by atoms with E-state index in [1.165, 1.54) is 16.8 Å². The van der Waals surface area contributed by atoms with Crippen LogP contribution in [0.25, 0.3) is 5.82 Å². The number of rotatable bonds is 5. The van der Waals surface area contributed by atoms with Crippen LogP contribution in [-0.4, -0.2) is 39.3 Å². The van der Waals surface area contributed by atoms with Crippen molar-refractivity contribution in [1.82, 2.24) is 14.8 Å². The van der Waals surface area contributed by atoms with Crippen molar-refractivity contribution in [3.8, 4) is 11.9 Å². The number of pyridine rings is 1. The van der Waals surface area contributed by atoms with Crippen molar-refractivity contribution in [2.24, 2.45) is 0 Å². The summed E-state index contributed by atoms with van der Waals surface area (Å²) in [6, 6.07) is 6.50. The Bertz CT molecular complexity index is 865. The maximum atomic E-state index is 13.3. The van der Waals surface area contributed by atoms with Gasteiger partial charge in [0.25, 0.3) is 0 Å². The molecule has 9 heteroatoms. The van der Waals surface area contributed by atoms with Crippen LogP contribution < -0.4 is 5.32 Å². The van der Waals surface area contributed by atoms with Gasteiger partial charge in [-0.1, -0.05) is 0 Å². The zero-order valence-electron chi connectivity index (χ0n) is 14.8. The molecule has 0 unspecified atom stereocenters. The van der Waals surface area contributed by atoms with Crippen molar-refractivity contribution < 1.29 is 18.3 Å². The van der Waals surface area contributed by atoms with E-state index < -0.39 is 11.9 Å². The lowest BCUT2D eigenvalue weighted by Crippen LogP contribution is -2.32. The summed E-state index contributed by atoms with van der Waals surface area (Å²) in [5, 5.41) is 16.5. The van der Waals surface area contributed by atoms with Crippen LogP contribution in [-0.2, 0) is 4.74 Å². The average Bonchev–Trinajstić information content (AvgIpc) is 3.14. The summed E-state index contributed by atoms with van der Waals surface area (Å²) < 4.78 is 32.9. The first kappa shape index (κ1) is 18.8. The van der Waals surface area contributed by atoms with Crippen LogP contribution in [0.15, 0.2) is 24.4 Å². The van der Waals surface area contributed by atoms with Gasteiger partial charge in [-0.25, -0.2) is 23.2 Å². The number of alkyl halides is 2. The molecule has 0 aromatic carbocycles. The highest BCUT2D eigenvalue weighted by Crippen LogP contribution is 2.34. The number of nitrogens with zero attached hydrogens (tertiary/aromatic N) is 4. The van der Waals surface area contributed by atoms with Crippen LogP contribution in [0.1, 0.15) is 48.7 Å². The Hall–Kier alpha value is -3.02. The van der Waals surface area contributed by atoms with Crippen molar-refractivity contribution in [3.63, 3.8) is 0 Å². The van der Waals surface area contributed by atoms with Crippen molar-refractivity contribution >= 4 is 11.8 Å². The summed E-state index contributed by atoms with van der Waals surface area (Å²) >= 11 is 0. The standard InChI is InChI=1S/C18H19F2N5O2/c1-2-27-17(26)14-5-8-25(24-14)16-10-12(11-21)9-15(23-16)22-13-3-6-18(19,20)7-4-13/h5,8-10,13H,2-4,6-7H2,1H3,(H,22,23). The molecule has 0 saturated heterocycles. The number of ether oxygens (including phenoxy) is 1. The van der Waals surface area contributed by atoms with Gasteiger partial charge in [0.15, 0.2) is 11.5 Å². The summed E-state index contributed by atoms with van der Waals surface area (Å²) in [4.78, 5) is 16.1. The van der Waals surface area contributed by atoms with E-state index in [0.29, 0.717) is 30.0 Å². The molecule has 1 aliphatic rings. The monoisotopic (exact) mass is 375 g/mol. The van der Waals surface area contributed by atoms with Gasteiger partial charge >= 0.3 is 5.97 Å². The summed E-state index contributed by atoms with van der Waals surface area (Å²) in [6.07, 6.45) is 1.86. The number of hydrogen-bond acceptors (Lipinski definition) is 6. The number of carbonyl (C=O) groups is 1. The van der Waals surface area contributed by atoms with Gasteiger partial charge in [0.1, 0.15) is 5.82 Å². The highest BCUT2D eigenvalue weighted by molar-refractivity contribution is 5.87. The first-order chi connectivity index (χ1) is 12.9. The molecule has 1 aliphatic carbocycles. The lowest BCUT2D eigenvalue weighted by Gasteiger charge is -2.29. The van der Waals surface area contributed by atoms with Crippen molar-refractivity contribution in [3.05, 3.63) is 35.7 Å². The van der Waals surface area contributed by atoms with E-state index in [0.717, 1.165) is 0 Å². The van der Waals surface area contributed by atoms with E-state index in [1.807, 2.05) is 6.07 Å². The molecule has 1 saturated carbocycles. The minimum Gasteiger partial charge on any atom is -0.461 e. The molecule has 27 heavy (non-hydrogen) atoms. The fourth-order valence-corrected chi connectivity index (χ4v) is 2.93. The summed E-state index contributed by atoms with van der Waals surface area (Å²) in [5.41, 5.74) is 0.474. The van der Waals surface area contributed by atoms with Gasteiger partial charge in [-0.15, -0.1) is 0 Å². The van der Waals surface area contributed by atoms with Gasteiger partial charge < -0.3 is 10.1 Å². The molecule has 2 aromatic rings. The van der Waals surface area contributed by atoms with E-state index in [-0.39, 0.29) is 31.2 Å². The molecule has 0 spiro atoms. The number of nitrogens with one attached hydrogen (secondary N) is 1. The van der Waals surface area contributed by atoms with Crippen LogP contribution in [0.3, 0.4) is 0 Å². The van der Waals surface area contributed by atoms with E-state index >= 15 is 0 Å². The molecular weight excluding hydrogens is 356 g/mol. The number of hydrogen-bond donors (Lipinski definition) is 1. The smallest absolute Gasteiger partial charge is 0.358 e. The Balaban J connectivity index is 1.80. The lowest BCUT2D eigenvalue weighted by molar-refractivity contribution is -0.0361. The third kappa shape index (κ3) is 4.58. The number of anilines is 1. The first-order valence-corrected chi connectivity index (χ1v) is 8.70. The highest BCUT2D eigenvalue weighted by Gasteiger charge is 2.35. The van der Waals surface area contributed by atoms with Crippen LogP contribution in [0, 0.1) is 11.3 Å². The second kappa shape index (κ2) is 7.70. The quantitative estimate of drug-likeness (QED) is 0.806. The van der Waals surface area contributed by atoms with Crippen molar-refractivity contribution in [1.29, 1.82) is 5.26 Å². The van der Waals surface area contributed by atoms with E-state index in [9.17, 15) is 18.8 Å². The highest BCUT2D eigenvalue weighted by atomic mass is 19.3. The zero-order chi connectivity index (χ0) is 19.4. The Labute approximate surface area is 155 Å². The molecule has 1 N–H and O–H groups in total. The number of esters is 1. The van der Waals surface area contributed by atoms with E-state index in [2.05, 4.69) is 15.4 Å². The minimum absolute atomic E-state index is 0.130. The van der Waals surface area contributed by atoms with Crippen LogP contribution in [0.5, 0.6) is 0 Å². The molecule has 0 radical (unpaired) electrons. The molecule has 142 valence electrons. The molecule has 1 fully saturated rings. The number of halogens is 2. The van der Waals surface area contributed by atoms with Crippen LogP contribution >= 0.6 is 0 Å². The topological polar surface area (TPSA) is 92.8 Å². The van der Waals surface area contributed by atoms with Gasteiger partial charge in [0, 0.05) is 31.1 Å². The Kier molecular flexibility index (Phi) is 5.35. The number of nitriles is 1. The van der Waals surface area contributed by atoms with Crippen LogP contribution in [0.2, 0.25) is 0 Å². The number of carbonyl (C=O) groups excluding carboxylic acids is 1. The summed E-state index contributed by atoms with van der Waals surface area (Å²) in [5.74, 6) is -2.40. The van der Waals surface area contributed by atoms with Gasteiger partial charge in [-0.05, 0) is 31.9 Å². The SMILES string of the molecule is CCOC(=O)c1ccn(-c2cc(C#N)cc(NC3CCC(F)(F)CC3)n2)n1. The molecule has 0 atom stereocenters. The molecule has 2 heterocycles. The molecule has 2 aromatic heterocycles. The second-order valence-corrected chi connectivity index (χ2v) is 6.35. The third-order valence-corrected chi connectivity index (χ3v) is 4.32. The molecule has 3 rings (SSSR count). The predicted octanol–water partition coefficient (Wildman–Crippen LogP) is 3.31. The van der Waals surface area contributed by atoms with Gasteiger partial charge in [0.05, 0.1) is 18.2 Å². The van der Waals surface area contributed by atoms with Crippen molar-refractivity contribution in [2.75, 3.05) is 11.9 Å². The van der Waals surface area contributed by atoms with Gasteiger partial charge in [-0.3, -0.25) is 0 Å². The van der Waals surface area contributed by atoms with Gasteiger partial charge in [0.2, 0.25) is 5.92 Å². The molecule has 0 bridgehead atoms.